The Kier molecular flexibility index (Phi) is 4.99. The standard InChI is InChI=1S/C17H22ClN3O2/c1-11(21-9-3-4-14(10-21)12(2)22)17-19-16(20-23-17)13-5-7-15(18)8-6-13/h5-8,11-12,14,22H,3-4,9-10H2,1-2H3. The van der Waals surface area contributed by atoms with Gasteiger partial charge < -0.3 is 9.63 Å². The van der Waals surface area contributed by atoms with Crippen LogP contribution in [0.1, 0.15) is 38.6 Å². The second kappa shape index (κ2) is 6.99. The monoisotopic (exact) mass is 335 g/mol. The van der Waals surface area contributed by atoms with Gasteiger partial charge in [-0.2, -0.15) is 4.98 Å². The Hall–Kier alpha value is -1.43. The van der Waals surface area contributed by atoms with Gasteiger partial charge in [0.25, 0.3) is 0 Å². The molecule has 1 aromatic carbocycles. The van der Waals surface area contributed by atoms with Crippen LogP contribution in [0.5, 0.6) is 0 Å². The largest absolute Gasteiger partial charge is 0.393 e. The first-order valence-corrected chi connectivity index (χ1v) is 8.44. The molecule has 3 unspecified atom stereocenters. The van der Waals surface area contributed by atoms with E-state index < -0.39 is 0 Å². The number of hydrogen-bond donors (Lipinski definition) is 1. The van der Waals surface area contributed by atoms with Gasteiger partial charge in [0.15, 0.2) is 0 Å². The second-order valence-electron chi connectivity index (χ2n) is 6.28. The maximum absolute atomic E-state index is 9.83. The van der Waals surface area contributed by atoms with Crippen molar-refractivity contribution < 1.29 is 9.63 Å². The van der Waals surface area contributed by atoms with Gasteiger partial charge in [0.2, 0.25) is 11.7 Å². The average Bonchev–Trinajstić information content (AvgIpc) is 3.05. The predicted molar refractivity (Wildman–Crippen MR) is 89.1 cm³/mol. The summed E-state index contributed by atoms with van der Waals surface area (Å²) >= 11 is 5.90. The van der Waals surface area contributed by atoms with Crippen molar-refractivity contribution in [3.63, 3.8) is 0 Å². The maximum Gasteiger partial charge on any atom is 0.244 e. The number of aliphatic hydroxyl groups excluding tert-OH is 1. The number of benzene rings is 1. The predicted octanol–water partition coefficient (Wildman–Crippen LogP) is 3.54. The minimum atomic E-state index is -0.280. The first kappa shape index (κ1) is 16.4. The van der Waals surface area contributed by atoms with Crippen LogP contribution in [-0.2, 0) is 0 Å². The summed E-state index contributed by atoms with van der Waals surface area (Å²) in [5.41, 5.74) is 0.886. The highest BCUT2D eigenvalue weighted by Gasteiger charge is 2.29. The van der Waals surface area contributed by atoms with Crippen LogP contribution in [0.3, 0.4) is 0 Å². The van der Waals surface area contributed by atoms with E-state index in [0.717, 1.165) is 31.5 Å². The third kappa shape index (κ3) is 3.74. The second-order valence-corrected chi connectivity index (χ2v) is 6.71. The molecular weight excluding hydrogens is 314 g/mol. The molecule has 0 amide bonds. The first-order valence-electron chi connectivity index (χ1n) is 8.06. The molecule has 0 saturated carbocycles. The summed E-state index contributed by atoms with van der Waals surface area (Å²) in [6.45, 7) is 5.79. The summed E-state index contributed by atoms with van der Waals surface area (Å²) < 4.78 is 5.46. The lowest BCUT2D eigenvalue weighted by Crippen LogP contribution is -2.40. The van der Waals surface area contributed by atoms with E-state index in [0.29, 0.717) is 22.7 Å². The van der Waals surface area contributed by atoms with E-state index in [-0.39, 0.29) is 12.1 Å². The maximum atomic E-state index is 9.83. The highest BCUT2D eigenvalue weighted by atomic mass is 35.5. The third-order valence-corrected chi connectivity index (χ3v) is 4.87. The SMILES string of the molecule is CC(O)C1CCCN(C(C)c2nc(-c3ccc(Cl)cc3)no2)C1. The highest BCUT2D eigenvalue weighted by molar-refractivity contribution is 6.30. The zero-order valence-corrected chi connectivity index (χ0v) is 14.2. The number of halogens is 1. The molecule has 0 radical (unpaired) electrons. The van der Waals surface area contributed by atoms with Crippen LogP contribution in [0.15, 0.2) is 28.8 Å². The minimum absolute atomic E-state index is 0.0464. The van der Waals surface area contributed by atoms with Gasteiger partial charge in [-0.15, -0.1) is 0 Å². The Morgan fingerprint density at radius 1 is 1.30 bits per heavy atom. The van der Waals surface area contributed by atoms with Crippen molar-refractivity contribution >= 4 is 11.6 Å². The van der Waals surface area contributed by atoms with E-state index in [1.54, 1.807) is 0 Å². The summed E-state index contributed by atoms with van der Waals surface area (Å²) in [4.78, 5) is 6.84. The van der Waals surface area contributed by atoms with Crippen molar-refractivity contribution in [1.29, 1.82) is 0 Å². The van der Waals surface area contributed by atoms with Gasteiger partial charge in [-0.05, 0) is 63.4 Å². The molecule has 6 heteroatoms. The highest BCUT2D eigenvalue weighted by Crippen LogP contribution is 2.28. The number of aromatic nitrogens is 2. The fraction of sp³-hybridized carbons (Fsp3) is 0.529. The molecule has 0 bridgehead atoms. The molecule has 5 nitrogen and oxygen atoms in total. The van der Waals surface area contributed by atoms with Gasteiger partial charge in [-0.25, -0.2) is 0 Å². The van der Waals surface area contributed by atoms with Crippen molar-refractivity contribution in [3.05, 3.63) is 35.2 Å². The zero-order chi connectivity index (χ0) is 16.4. The van der Waals surface area contributed by atoms with Crippen molar-refractivity contribution in [3.8, 4) is 11.4 Å². The Balaban J connectivity index is 1.73. The molecule has 2 heterocycles. The lowest BCUT2D eigenvalue weighted by atomic mass is 9.92. The first-order chi connectivity index (χ1) is 11.0. The van der Waals surface area contributed by atoms with Crippen LogP contribution in [0.4, 0.5) is 0 Å². The van der Waals surface area contributed by atoms with E-state index in [4.69, 9.17) is 16.1 Å². The molecule has 124 valence electrons. The van der Waals surface area contributed by atoms with Gasteiger partial charge in [-0.3, -0.25) is 4.90 Å². The fourth-order valence-electron chi connectivity index (χ4n) is 3.06. The number of aliphatic hydroxyl groups is 1. The minimum Gasteiger partial charge on any atom is -0.393 e. The number of piperidine rings is 1. The topological polar surface area (TPSA) is 62.4 Å². The number of rotatable bonds is 4. The van der Waals surface area contributed by atoms with E-state index in [1.165, 1.54) is 0 Å². The summed E-state index contributed by atoms with van der Waals surface area (Å²) in [6, 6.07) is 7.44. The molecule has 2 aromatic rings. The van der Waals surface area contributed by atoms with Crippen LogP contribution >= 0.6 is 11.6 Å². The summed E-state index contributed by atoms with van der Waals surface area (Å²) in [5.74, 6) is 1.50. The van der Waals surface area contributed by atoms with E-state index in [2.05, 4.69) is 22.0 Å². The molecule has 1 N–H and O–H groups in total. The van der Waals surface area contributed by atoms with E-state index >= 15 is 0 Å². The van der Waals surface area contributed by atoms with Crippen LogP contribution in [0.2, 0.25) is 5.02 Å². The van der Waals surface area contributed by atoms with Crippen molar-refractivity contribution in [1.82, 2.24) is 15.0 Å². The van der Waals surface area contributed by atoms with Gasteiger partial charge in [0.1, 0.15) is 0 Å². The lowest BCUT2D eigenvalue weighted by Gasteiger charge is -2.36. The van der Waals surface area contributed by atoms with Gasteiger partial charge in [0, 0.05) is 17.1 Å². The normalized spacial score (nSPS) is 22.0. The molecule has 1 saturated heterocycles. The molecule has 1 aliphatic heterocycles. The van der Waals surface area contributed by atoms with Crippen LogP contribution in [0.25, 0.3) is 11.4 Å². The van der Waals surface area contributed by atoms with Crippen LogP contribution in [0, 0.1) is 5.92 Å². The van der Waals surface area contributed by atoms with Crippen LogP contribution in [-0.4, -0.2) is 39.3 Å². The van der Waals surface area contributed by atoms with Gasteiger partial charge in [0.05, 0.1) is 12.1 Å². The van der Waals surface area contributed by atoms with E-state index in [1.807, 2.05) is 31.2 Å². The summed E-state index contributed by atoms with van der Waals surface area (Å²) in [7, 11) is 0. The molecule has 1 fully saturated rings. The van der Waals surface area contributed by atoms with Crippen molar-refractivity contribution in [2.24, 2.45) is 5.92 Å². The van der Waals surface area contributed by atoms with Crippen molar-refractivity contribution in [2.75, 3.05) is 13.1 Å². The average molecular weight is 336 g/mol. The molecule has 0 spiro atoms. The van der Waals surface area contributed by atoms with E-state index in [9.17, 15) is 5.11 Å². The molecule has 3 rings (SSSR count). The molecule has 1 aliphatic rings. The Bertz CT molecular complexity index is 642. The Labute approximate surface area is 141 Å². The molecule has 23 heavy (non-hydrogen) atoms. The summed E-state index contributed by atoms with van der Waals surface area (Å²) in [5, 5.41) is 14.6. The zero-order valence-electron chi connectivity index (χ0n) is 13.4. The van der Waals surface area contributed by atoms with Crippen LogP contribution < -0.4 is 0 Å². The number of likely N-dealkylation sites (tertiary alicyclic amines) is 1. The summed E-state index contributed by atoms with van der Waals surface area (Å²) in [6.07, 6.45) is 1.87. The number of hydrogen-bond acceptors (Lipinski definition) is 5. The quantitative estimate of drug-likeness (QED) is 0.925. The lowest BCUT2D eigenvalue weighted by molar-refractivity contribution is 0.0403. The van der Waals surface area contributed by atoms with Gasteiger partial charge >= 0.3 is 0 Å². The molecule has 0 aliphatic carbocycles. The third-order valence-electron chi connectivity index (χ3n) is 4.62. The molecular formula is C17H22ClN3O2. The Morgan fingerprint density at radius 2 is 2.04 bits per heavy atom. The molecule has 3 atom stereocenters. The molecule has 1 aromatic heterocycles. The fourth-order valence-corrected chi connectivity index (χ4v) is 3.19. The Morgan fingerprint density at radius 3 is 2.74 bits per heavy atom. The number of nitrogens with zero attached hydrogens (tertiary/aromatic N) is 3. The van der Waals surface area contributed by atoms with Crippen molar-refractivity contribution in [2.45, 2.75) is 38.8 Å². The van der Waals surface area contributed by atoms with Gasteiger partial charge in [-0.1, -0.05) is 16.8 Å². The smallest absolute Gasteiger partial charge is 0.244 e.